The molecule has 2 atom stereocenters. The molecule has 1 aliphatic heterocycles. The summed E-state index contributed by atoms with van der Waals surface area (Å²) in [7, 11) is 2.90. The van der Waals surface area contributed by atoms with Gasteiger partial charge in [-0.05, 0) is 60.3 Å². The molecule has 208 valence electrons. The van der Waals surface area contributed by atoms with E-state index in [9.17, 15) is 23.1 Å². The number of piperidine rings is 1. The van der Waals surface area contributed by atoms with E-state index in [1.165, 1.54) is 26.4 Å². The number of aliphatic carboxylic acids is 1. The van der Waals surface area contributed by atoms with Gasteiger partial charge in [-0.3, -0.25) is 9.69 Å². The van der Waals surface area contributed by atoms with Gasteiger partial charge in [0.15, 0.2) is 11.5 Å². The minimum Gasteiger partial charge on any atom is -0.493 e. The summed E-state index contributed by atoms with van der Waals surface area (Å²) < 4.78 is 58.7. The summed E-state index contributed by atoms with van der Waals surface area (Å²) in [6.07, 6.45) is -2.91. The van der Waals surface area contributed by atoms with E-state index in [0.717, 1.165) is 11.6 Å². The highest BCUT2D eigenvalue weighted by atomic mass is 35.5. The molecule has 1 fully saturated rings. The average molecular weight is 564 g/mol. The van der Waals surface area contributed by atoms with Crippen molar-refractivity contribution >= 4 is 17.6 Å². The molecule has 0 amide bonds. The minimum atomic E-state index is -4.68. The predicted octanol–water partition coefficient (Wildman–Crippen LogP) is 6.98. The van der Waals surface area contributed by atoms with Gasteiger partial charge in [0.2, 0.25) is 5.75 Å². The Kier molecular flexibility index (Phi) is 8.92. The molecule has 3 aromatic carbocycles. The van der Waals surface area contributed by atoms with Gasteiger partial charge in [0, 0.05) is 0 Å². The molecule has 1 aliphatic rings. The molecule has 0 radical (unpaired) electrons. The SMILES string of the molecule is COc1cc(C(c2ccc(Cl)c(C(F)(F)F)c2)N2CCCCC2C(=O)O)cc(OC)c1OCc1ccccc1. The number of benzene rings is 3. The fraction of sp³-hybridized carbons (Fsp3) is 0.345. The predicted molar refractivity (Wildman–Crippen MR) is 141 cm³/mol. The number of hydrogen-bond donors (Lipinski definition) is 1. The minimum absolute atomic E-state index is 0.232. The molecule has 0 aliphatic carbocycles. The van der Waals surface area contributed by atoms with Crippen molar-refractivity contribution in [2.45, 2.75) is 44.1 Å². The van der Waals surface area contributed by atoms with Gasteiger partial charge < -0.3 is 19.3 Å². The molecule has 1 N–H and O–H groups in total. The van der Waals surface area contributed by atoms with Gasteiger partial charge >= 0.3 is 12.1 Å². The number of hydrogen-bond acceptors (Lipinski definition) is 5. The van der Waals surface area contributed by atoms with Crippen LogP contribution in [-0.2, 0) is 17.6 Å². The zero-order valence-electron chi connectivity index (χ0n) is 21.5. The van der Waals surface area contributed by atoms with E-state index < -0.39 is 34.8 Å². The molecule has 39 heavy (non-hydrogen) atoms. The van der Waals surface area contributed by atoms with E-state index in [2.05, 4.69) is 0 Å². The molecule has 0 saturated carbocycles. The van der Waals surface area contributed by atoms with Crippen LogP contribution in [0.5, 0.6) is 17.2 Å². The van der Waals surface area contributed by atoms with Crippen LogP contribution in [0.4, 0.5) is 13.2 Å². The number of methoxy groups -OCH3 is 2. The summed E-state index contributed by atoms with van der Waals surface area (Å²) in [5.41, 5.74) is 0.681. The van der Waals surface area contributed by atoms with Gasteiger partial charge in [-0.2, -0.15) is 13.2 Å². The maximum absolute atomic E-state index is 13.8. The highest BCUT2D eigenvalue weighted by Gasteiger charge is 2.38. The summed E-state index contributed by atoms with van der Waals surface area (Å²) >= 11 is 5.91. The number of halogens is 4. The van der Waals surface area contributed by atoms with Crippen LogP contribution in [-0.4, -0.2) is 42.8 Å². The summed E-state index contributed by atoms with van der Waals surface area (Å²) in [4.78, 5) is 13.9. The van der Waals surface area contributed by atoms with Gasteiger partial charge in [-0.25, -0.2) is 0 Å². The molecule has 6 nitrogen and oxygen atoms in total. The Labute approximate surface area is 229 Å². The van der Waals surface area contributed by atoms with Crippen LogP contribution < -0.4 is 14.2 Å². The van der Waals surface area contributed by atoms with E-state index in [-0.39, 0.29) is 12.2 Å². The molecule has 0 bridgehead atoms. The number of nitrogens with zero attached hydrogens (tertiary/aromatic N) is 1. The maximum atomic E-state index is 13.8. The Balaban J connectivity index is 1.85. The van der Waals surface area contributed by atoms with Gasteiger partial charge in [0.05, 0.1) is 30.8 Å². The number of carboxylic acid groups (broad SMARTS) is 1. The van der Waals surface area contributed by atoms with Gasteiger partial charge in [0.1, 0.15) is 12.6 Å². The molecule has 3 aromatic rings. The number of rotatable bonds is 9. The number of carbonyl (C=O) groups is 1. The third-order valence-corrected chi connectivity index (χ3v) is 7.13. The number of ether oxygens (including phenoxy) is 3. The molecular formula is C29H29ClF3NO5. The van der Waals surface area contributed by atoms with Crippen LogP contribution in [0.1, 0.15) is 47.6 Å². The summed E-state index contributed by atoms with van der Waals surface area (Å²) in [5, 5.41) is 9.56. The third-order valence-electron chi connectivity index (χ3n) is 6.80. The topological polar surface area (TPSA) is 68.2 Å². The first-order valence-electron chi connectivity index (χ1n) is 12.4. The van der Waals surface area contributed by atoms with Gasteiger partial charge in [-0.15, -0.1) is 0 Å². The Morgan fingerprint density at radius 2 is 1.69 bits per heavy atom. The molecule has 4 rings (SSSR count). The Morgan fingerprint density at radius 1 is 1.03 bits per heavy atom. The normalized spacial score (nSPS) is 16.9. The van der Waals surface area contributed by atoms with Crippen molar-refractivity contribution in [1.82, 2.24) is 4.90 Å². The Morgan fingerprint density at radius 3 is 2.28 bits per heavy atom. The lowest BCUT2D eigenvalue weighted by molar-refractivity contribution is -0.145. The van der Waals surface area contributed by atoms with Crippen molar-refractivity contribution in [3.05, 3.63) is 87.9 Å². The van der Waals surface area contributed by atoms with Crippen LogP contribution >= 0.6 is 11.6 Å². The van der Waals surface area contributed by atoms with Crippen molar-refractivity contribution in [3.8, 4) is 17.2 Å². The summed E-state index contributed by atoms with van der Waals surface area (Å²) in [6.45, 7) is 0.609. The first-order chi connectivity index (χ1) is 18.6. The Hall–Kier alpha value is -3.43. The van der Waals surface area contributed by atoms with Crippen LogP contribution in [0.15, 0.2) is 60.7 Å². The smallest absolute Gasteiger partial charge is 0.417 e. The zero-order chi connectivity index (χ0) is 28.2. The highest BCUT2D eigenvalue weighted by Crippen LogP contribution is 2.45. The molecule has 1 saturated heterocycles. The van der Waals surface area contributed by atoms with E-state index in [4.69, 9.17) is 25.8 Å². The van der Waals surface area contributed by atoms with E-state index in [1.807, 2.05) is 30.3 Å². The first kappa shape index (κ1) is 28.6. The average Bonchev–Trinajstić information content (AvgIpc) is 2.92. The number of likely N-dealkylation sites (tertiary alicyclic amines) is 1. The number of carboxylic acids is 1. The second kappa shape index (κ2) is 12.2. The van der Waals surface area contributed by atoms with Crippen molar-refractivity contribution in [2.75, 3.05) is 20.8 Å². The number of alkyl halides is 3. The summed E-state index contributed by atoms with van der Waals surface area (Å²) in [5.74, 6) is -0.100. The zero-order valence-corrected chi connectivity index (χ0v) is 22.3. The second-order valence-electron chi connectivity index (χ2n) is 9.26. The van der Waals surface area contributed by atoms with Crippen LogP contribution in [0, 0.1) is 0 Å². The molecule has 10 heteroatoms. The van der Waals surface area contributed by atoms with Crippen LogP contribution in [0.25, 0.3) is 0 Å². The van der Waals surface area contributed by atoms with Crippen molar-refractivity contribution in [1.29, 1.82) is 0 Å². The lowest BCUT2D eigenvalue weighted by atomic mass is 9.90. The largest absolute Gasteiger partial charge is 0.493 e. The van der Waals surface area contributed by atoms with Gasteiger partial charge in [-0.1, -0.05) is 54.4 Å². The van der Waals surface area contributed by atoms with Crippen molar-refractivity contribution < 1.29 is 37.3 Å². The fourth-order valence-corrected chi connectivity index (χ4v) is 5.19. The quantitative estimate of drug-likeness (QED) is 0.303. The molecular weight excluding hydrogens is 535 g/mol. The second-order valence-corrected chi connectivity index (χ2v) is 9.66. The van der Waals surface area contributed by atoms with Crippen molar-refractivity contribution in [3.63, 3.8) is 0 Å². The first-order valence-corrected chi connectivity index (χ1v) is 12.8. The fourth-order valence-electron chi connectivity index (χ4n) is 4.96. The third kappa shape index (κ3) is 6.42. The molecule has 0 aromatic heterocycles. The van der Waals surface area contributed by atoms with E-state index in [1.54, 1.807) is 17.0 Å². The van der Waals surface area contributed by atoms with E-state index in [0.29, 0.717) is 48.6 Å². The highest BCUT2D eigenvalue weighted by molar-refractivity contribution is 6.31. The molecule has 1 heterocycles. The van der Waals surface area contributed by atoms with Crippen LogP contribution in [0.3, 0.4) is 0 Å². The standard InChI is InChI=1S/C29H29ClF3NO5/c1-37-24-15-20(16-25(38-2)27(24)39-17-18-8-4-3-5-9-18)26(34-13-7-6-10-23(34)28(35)36)19-11-12-22(30)21(14-19)29(31,32)33/h3-5,8-9,11-12,14-16,23,26H,6-7,10,13,17H2,1-2H3,(H,35,36). The Bertz CT molecular complexity index is 1280. The summed E-state index contributed by atoms with van der Waals surface area (Å²) in [6, 6.07) is 14.7. The van der Waals surface area contributed by atoms with E-state index >= 15 is 0 Å². The van der Waals surface area contributed by atoms with Crippen LogP contribution in [0.2, 0.25) is 5.02 Å². The van der Waals surface area contributed by atoms with Gasteiger partial charge in [0.25, 0.3) is 0 Å². The molecule has 2 unspecified atom stereocenters. The van der Waals surface area contributed by atoms with Crippen molar-refractivity contribution in [2.24, 2.45) is 0 Å². The maximum Gasteiger partial charge on any atom is 0.417 e. The lowest BCUT2D eigenvalue weighted by Crippen LogP contribution is -2.46. The monoisotopic (exact) mass is 563 g/mol. The molecule has 0 spiro atoms. The lowest BCUT2D eigenvalue weighted by Gasteiger charge is -2.40.